The summed E-state index contributed by atoms with van der Waals surface area (Å²) in [5, 5.41) is 8.87. The topological polar surface area (TPSA) is 51.5 Å². The summed E-state index contributed by atoms with van der Waals surface area (Å²) in [5.74, 6) is 2.02. The van der Waals surface area contributed by atoms with E-state index in [1.807, 2.05) is 19.1 Å². The van der Waals surface area contributed by atoms with Crippen molar-refractivity contribution in [3.05, 3.63) is 53.1 Å². The summed E-state index contributed by atoms with van der Waals surface area (Å²) in [5.41, 5.74) is 2.88. The first kappa shape index (κ1) is 15.7. The molecule has 0 aliphatic rings. The molecule has 22 heavy (non-hydrogen) atoms. The lowest BCUT2D eigenvalue weighted by molar-refractivity contribution is 0.210. The average Bonchev–Trinajstić information content (AvgIpc) is 2.55. The maximum Gasteiger partial charge on any atom is 0.162 e. The predicted molar refractivity (Wildman–Crippen MR) is 84.6 cm³/mol. The highest BCUT2D eigenvalue weighted by Crippen LogP contribution is 2.28. The van der Waals surface area contributed by atoms with Crippen LogP contribution in [-0.4, -0.2) is 20.3 Å². The fourth-order valence-corrected chi connectivity index (χ4v) is 2.04. The third-order valence-electron chi connectivity index (χ3n) is 3.45. The number of hydrogen-bond donors (Lipinski definition) is 0. The summed E-state index contributed by atoms with van der Waals surface area (Å²) in [6.07, 6.45) is 0. The molecule has 0 saturated carbocycles. The first-order valence-corrected chi connectivity index (χ1v) is 7.05. The lowest BCUT2D eigenvalue weighted by atomic mass is 10.1. The third kappa shape index (κ3) is 3.70. The lowest BCUT2D eigenvalue weighted by Crippen LogP contribution is -2.10. The zero-order valence-electron chi connectivity index (χ0n) is 13.1. The van der Waals surface area contributed by atoms with Gasteiger partial charge in [-0.3, -0.25) is 0 Å². The quantitative estimate of drug-likeness (QED) is 0.764. The van der Waals surface area contributed by atoms with Crippen molar-refractivity contribution >= 4 is 0 Å². The van der Waals surface area contributed by atoms with Gasteiger partial charge in [-0.2, -0.15) is 5.26 Å². The van der Waals surface area contributed by atoms with Gasteiger partial charge in [0.1, 0.15) is 19.0 Å². The van der Waals surface area contributed by atoms with Gasteiger partial charge < -0.3 is 14.2 Å². The molecule has 2 aromatic carbocycles. The van der Waals surface area contributed by atoms with Crippen molar-refractivity contribution in [1.82, 2.24) is 0 Å². The van der Waals surface area contributed by atoms with Crippen LogP contribution < -0.4 is 14.2 Å². The molecule has 2 rings (SSSR count). The molecular formula is C18H19NO3. The SMILES string of the molecule is COc1cc(C#N)ccc1OCCOc1cccc(C)c1C. The van der Waals surface area contributed by atoms with Crippen LogP contribution in [-0.2, 0) is 0 Å². The van der Waals surface area contributed by atoms with Crippen molar-refractivity contribution in [1.29, 1.82) is 5.26 Å². The predicted octanol–water partition coefficient (Wildman–Crippen LogP) is 3.64. The van der Waals surface area contributed by atoms with E-state index in [9.17, 15) is 0 Å². The number of benzene rings is 2. The van der Waals surface area contributed by atoms with Crippen LogP contribution in [0.3, 0.4) is 0 Å². The maximum absolute atomic E-state index is 8.87. The molecule has 0 atom stereocenters. The van der Waals surface area contributed by atoms with Crippen LogP contribution in [0.25, 0.3) is 0 Å². The molecule has 0 aliphatic carbocycles. The number of ether oxygens (including phenoxy) is 3. The Morgan fingerprint density at radius 3 is 2.36 bits per heavy atom. The maximum atomic E-state index is 8.87. The van der Waals surface area contributed by atoms with Crippen LogP contribution in [0.5, 0.6) is 17.2 Å². The summed E-state index contributed by atoms with van der Waals surface area (Å²) >= 11 is 0. The van der Waals surface area contributed by atoms with Crippen molar-refractivity contribution in [2.45, 2.75) is 13.8 Å². The molecule has 0 heterocycles. The van der Waals surface area contributed by atoms with Gasteiger partial charge in [-0.05, 0) is 43.2 Å². The molecule has 0 saturated heterocycles. The molecule has 4 heteroatoms. The Morgan fingerprint density at radius 2 is 1.68 bits per heavy atom. The standard InChI is InChI=1S/C18H19NO3/c1-13-5-4-6-16(14(13)2)21-9-10-22-17-8-7-15(12-19)11-18(17)20-3/h4-8,11H,9-10H2,1-3H3. The van der Waals surface area contributed by atoms with E-state index >= 15 is 0 Å². The average molecular weight is 297 g/mol. The Morgan fingerprint density at radius 1 is 0.955 bits per heavy atom. The molecule has 0 amide bonds. The Kier molecular flexibility index (Phi) is 5.26. The second-order valence-electron chi connectivity index (χ2n) is 4.87. The van der Waals surface area contributed by atoms with Gasteiger partial charge >= 0.3 is 0 Å². The molecule has 0 fully saturated rings. The highest BCUT2D eigenvalue weighted by Gasteiger charge is 2.06. The van der Waals surface area contributed by atoms with Crippen molar-refractivity contribution in [2.24, 2.45) is 0 Å². The lowest BCUT2D eigenvalue weighted by Gasteiger charge is -2.13. The van der Waals surface area contributed by atoms with Crippen LogP contribution in [0.1, 0.15) is 16.7 Å². The van der Waals surface area contributed by atoms with Crippen LogP contribution in [0.15, 0.2) is 36.4 Å². The zero-order chi connectivity index (χ0) is 15.9. The molecular weight excluding hydrogens is 278 g/mol. The number of nitrogens with zero attached hydrogens (tertiary/aromatic N) is 1. The van der Waals surface area contributed by atoms with Gasteiger partial charge in [0.15, 0.2) is 11.5 Å². The molecule has 0 unspecified atom stereocenters. The Bertz CT molecular complexity index is 689. The number of aryl methyl sites for hydroxylation is 1. The highest BCUT2D eigenvalue weighted by molar-refractivity contribution is 5.46. The summed E-state index contributed by atoms with van der Waals surface area (Å²) in [6, 6.07) is 13.1. The van der Waals surface area contributed by atoms with E-state index in [1.54, 1.807) is 25.3 Å². The van der Waals surface area contributed by atoms with Gasteiger partial charge in [-0.15, -0.1) is 0 Å². The Labute approximate surface area is 130 Å². The van der Waals surface area contributed by atoms with Crippen LogP contribution in [0.4, 0.5) is 0 Å². The molecule has 0 aliphatic heterocycles. The molecule has 0 bridgehead atoms. The van der Waals surface area contributed by atoms with Crippen LogP contribution in [0.2, 0.25) is 0 Å². The van der Waals surface area contributed by atoms with Crippen LogP contribution in [0, 0.1) is 25.2 Å². The van der Waals surface area contributed by atoms with Gasteiger partial charge in [0.2, 0.25) is 0 Å². The molecule has 114 valence electrons. The summed E-state index contributed by atoms with van der Waals surface area (Å²) in [7, 11) is 1.55. The van der Waals surface area contributed by atoms with Crippen LogP contribution >= 0.6 is 0 Å². The normalized spacial score (nSPS) is 9.91. The molecule has 0 radical (unpaired) electrons. The van der Waals surface area contributed by atoms with Gasteiger partial charge in [0.25, 0.3) is 0 Å². The van der Waals surface area contributed by atoms with E-state index in [2.05, 4.69) is 19.1 Å². The van der Waals surface area contributed by atoms with Gasteiger partial charge in [-0.1, -0.05) is 12.1 Å². The first-order chi connectivity index (χ1) is 10.7. The zero-order valence-corrected chi connectivity index (χ0v) is 13.1. The largest absolute Gasteiger partial charge is 0.493 e. The summed E-state index contributed by atoms with van der Waals surface area (Å²) < 4.78 is 16.6. The van der Waals surface area contributed by atoms with Crippen molar-refractivity contribution < 1.29 is 14.2 Å². The molecule has 0 spiro atoms. The number of rotatable bonds is 6. The second kappa shape index (κ2) is 7.37. The Hall–Kier alpha value is -2.67. The first-order valence-electron chi connectivity index (χ1n) is 7.05. The van der Waals surface area contributed by atoms with E-state index in [1.165, 1.54) is 5.56 Å². The van der Waals surface area contributed by atoms with E-state index in [-0.39, 0.29) is 0 Å². The fraction of sp³-hybridized carbons (Fsp3) is 0.278. The van der Waals surface area contributed by atoms with Gasteiger partial charge in [0.05, 0.1) is 18.7 Å². The number of methoxy groups -OCH3 is 1. The Balaban J connectivity index is 1.92. The number of hydrogen-bond acceptors (Lipinski definition) is 4. The molecule has 2 aromatic rings. The van der Waals surface area contributed by atoms with Gasteiger partial charge in [-0.25, -0.2) is 0 Å². The molecule has 0 aromatic heterocycles. The van der Waals surface area contributed by atoms with Crippen molar-refractivity contribution in [2.75, 3.05) is 20.3 Å². The van der Waals surface area contributed by atoms with Crippen molar-refractivity contribution in [3.63, 3.8) is 0 Å². The third-order valence-corrected chi connectivity index (χ3v) is 3.45. The highest BCUT2D eigenvalue weighted by atomic mass is 16.5. The number of nitriles is 1. The van der Waals surface area contributed by atoms with Crippen molar-refractivity contribution in [3.8, 4) is 23.3 Å². The summed E-state index contributed by atoms with van der Waals surface area (Å²) in [4.78, 5) is 0. The fourth-order valence-electron chi connectivity index (χ4n) is 2.04. The minimum absolute atomic E-state index is 0.398. The van der Waals surface area contributed by atoms with Gasteiger partial charge in [0, 0.05) is 6.07 Å². The summed E-state index contributed by atoms with van der Waals surface area (Å²) in [6.45, 7) is 4.93. The second-order valence-corrected chi connectivity index (χ2v) is 4.87. The monoisotopic (exact) mass is 297 g/mol. The van der Waals surface area contributed by atoms with E-state index < -0.39 is 0 Å². The van der Waals surface area contributed by atoms with E-state index in [4.69, 9.17) is 19.5 Å². The minimum Gasteiger partial charge on any atom is -0.493 e. The molecule has 0 N–H and O–H groups in total. The van der Waals surface area contributed by atoms with E-state index in [0.717, 1.165) is 11.3 Å². The molecule has 4 nitrogen and oxygen atoms in total. The van der Waals surface area contributed by atoms with E-state index in [0.29, 0.717) is 30.3 Å². The smallest absolute Gasteiger partial charge is 0.162 e. The minimum atomic E-state index is 0.398.